The Balaban J connectivity index is 1.72. The van der Waals surface area contributed by atoms with Crippen molar-refractivity contribution in [3.05, 3.63) is 35.7 Å². The third-order valence-electron chi connectivity index (χ3n) is 5.58. The number of carbonyl (C=O) groups is 3. The molecule has 188 valence electrons. The highest BCUT2D eigenvalue weighted by Gasteiger charge is 2.23. The van der Waals surface area contributed by atoms with Gasteiger partial charge in [0.05, 0.1) is 25.0 Å². The number of pyridine rings is 2. The number of amides is 3. The van der Waals surface area contributed by atoms with Crippen LogP contribution >= 0.6 is 0 Å². The van der Waals surface area contributed by atoms with Crippen molar-refractivity contribution in [1.82, 2.24) is 19.8 Å². The molecule has 0 aromatic carbocycles. The second-order valence-electron chi connectivity index (χ2n) is 8.30. The van der Waals surface area contributed by atoms with Gasteiger partial charge in [-0.05, 0) is 20.0 Å². The van der Waals surface area contributed by atoms with Crippen molar-refractivity contribution in [2.24, 2.45) is 0 Å². The van der Waals surface area contributed by atoms with Gasteiger partial charge < -0.3 is 20.1 Å². The van der Waals surface area contributed by atoms with Crippen molar-refractivity contribution in [3.63, 3.8) is 0 Å². The van der Waals surface area contributed by atoms with Crippen LogP contribution in [-0.4, -0.2) is 96.6 Å². The number of hydrogen-bond donors (Lipinski definition) is 3. The lowest BCUT2D eigenvalue weighted by atomic mass is 10.1. The molecule has 2 aromatic heterocycles. The SMILES string of the molecule is CNc1cnc(NC(=O)N(C)c2ccc(CN3CCN(C)CC3=O)c(C=O)n2)cc1O[C@@H](C)CO. The number of rotatable bonds is 9. The fourth-order valence-electron chi connectivity index (χ4n) is 3.46. The topological polar surface area (TPSA) is 140 Å². The number of likely N-dealkylation sites (N-methyl/N-ethyl adjacent to an activating group) is 1. The third-order valence-corrected chi connectivity index (χ3v) is 5.58. The first-order valence-electron chi connectivity index (χ1n) is 11.2. The molecule has 0 radical (unpaired) electrons. The van der Waals surface area contributed by atoms with Crippen LogP contribution in [0, 0.1) is 0 Å². The Morgan fingerprint density at radius 2 is 2.14 bits per heavy atom. The fraction of sp³-hybridized carbons (Fsp3) is 0.435. The predicted octanol–water partition coefficient (Wildman–Crippen LogP) is 1.03. The number of hydrogen-bond acceptors (Lipinski definition) is 9. The lowest BCUT2D eigenvalue weighted by molar-refractivity contribution is -0.136. The van der Waals surface area contributed by atoms with E-state index in [1.165, 1.54) is 18.1 Å². The van der Waals surface area contributed by atoms with Gasteiger partial charge in [0.2, 0.25) is 5.91 Å². The van der Waals surface area contributed by atoms with E-state index < -0.39 is 12.1 Å². The van der Waals surface area contributed by atoms with Crippen LogP contribution in [0.25, 0.3) is 0 Å². The number of nitrogens with zero attached hydrogens (tertiary/aromatic N) is 5. The lowest BCUT2D eigenvalue weighted by Gasteiger charge is -2.32. The summed E-state index contributed by atoms with van der Waals surface area (Å²) in [4.78, 5) is 50.2. The summed E-state index contributed by atoms with van der Waals surface area (Å²) in [6.45, 7) is 3.48. The maximum Gasteiger partial charge on any atom is 0.328 e. The number of anilines is 3. The van der Waals surface area contributed by atoms with Gasteiger partial charge in [-0.3, -0.25) is 24.7 Å². The van der Waals surface area contributed by atoms with Gasteiger partial charge >= 0.3 is 6.03 Å². The van der Waals surface area contributed by atoms with Crippen molar-refractivity contribution in [1.29, 1.82) is 0 Å². The summed E-state index contributed by atoms with van der Waals surface area (Å²) in [6, 6.07) is 4.34. The molecule has 1 aliphatic heterocycles. The number of ether oxygens (including phenoxy) is 1. The minimum Gasteiger partial charge on any atom is -0.486 e. The summed E-state index contributed by atoms with van der Waals surface area (Å²) in [6.07, 6.45) is 1.68. The highest BCUT2D eigenvalue weighted by molar-refractivity contribution is 6.00. The zero-order valence-corrected chi connectivity index (χ0v) is 20.3. The molecule has 1 fully saturated rings. The molecular formula is C23H31N7O5. The van der Waals surface area contributed by atoms with Gasteiger partial charge in [0.15, 0.2) is 6.29 Å². The Labute approximate surface area is 203 Å². The normalized spacial score (nSPS) is 14.9. The molecule has 12 heteroatoms. The van der Waals surface area contributed by atoms with Crippen LogP contribution < -0.4 is 20.3 Å². The number of urea groups is 1. The van der Waals surface area contributed by atoms with E-state index in [1.807, 2.05) is 11.9 Å². The van der Waals surface area contributed by atoms with Crippen LogP contribution in [0.15, 0.2) is 24.4 Å². The van der Waals surface area contributed by atoms with Gasteiger partial charge in [-0.2, -0.15) is 0 Å². The van der Waals surface area contributed by atoms with Crippen LogP contribution in [0.2, 0.25) is 0 Å². The van der Waals surface area contributed by atoms with Crippen LogP contribution in [0.1, 0.15) is 23.0 Å². The van der Waals surface area contributed by atoms with Gasteiger partial charge in [0, 0.05) is 45.4 Å². The summed E-state index contributed by atoms with van der Waals surface area (Å²) in [5.74, 6) is 0.910. The molecule has 3 N–H and O–H groups in total. The molecule has 12 nitrogen and oxygen atoms in total. The number of aldehydes is 1. The van der Waals surface area contributed by atoms with E-state index in [2.05, 4.69) is 20.6 Å². The van der Waals surface area contributed by atoms with Crippen LogP contribution in [0.5, 0.6) is 5.75 Å². The van der Waals surface area contributed by atoms with Crippen LogP contribution in [-0.2, 0) is 11.3 Å². The van der Waals surface area contributed by atoms with Crippen LogP contribution in [0.4, 0.5) is 22.1 Å². The molecule has 3 amide bonds. The highest BCUT2D eigenvalue weighted by Crippen LogP contribution is 2.27. The van der Waals surface area contributed by atoms with Crippen molar-refractivity contribution in [3.8, 4) is 5.75 Å². The average molecular weight is 486 g/mol. The van der Waals surface area contributed by atoms with E-state index >= 15 is 0 Å². The van der Waals surface area contributed by atoms with Crippen molar-refractivity contribution >= 4 is 35.5 Å². The maximum atomic E-state index is 12.8. The standard InChI is InChI=1S/C23H31N7O5/c1-15(13-31)35-19-9-20(25-10-17(19)24-2)27-23(34)29(4)21-6-5-16(18(14-32)26-21)11-30-8-7-28(3)12-22(30)33/h5-6,9-10,14-15,24,31H,7-8,11-13H2,1-4H3,(H,25,27,34)/t15-/m0/s1. The van der Waals surface area contributed by atoms with Gasteiger partial charge in [0.25, 0.3) is 0 Å². The first-order chi connectivity index (χ1) is 16.7. The van der Waals surface area contributed by atoms with E-state index in [-0.39, 0.29) is 36.4 Å². The van der Waals surface area contributed by atoms with Crippen molar-refractivity contribution < 1.29 is 24.2 Å². The molecule has 2 aromatic rings. The highest BCUT2D eigenvalue weighted by atomic mass is 16.5. The monoisotopic (exact) mass is 485 g/mol. The van der Waals surface area contributed by atoms with E-state index in [0.29, 0.717) is 36.4 Å². The van der Waals surface area contributed by atoms with Gasteiger partial charge in [-0.15, -0.1) is 0 Å². The molecule has 1 saturated heterocycles. The molecular weight excluding hydrogens is 454 g/mol. The lowest BCUT2D eigenvalue weighted by Crippen LogP contribution is -2.48. The Hall–Kier alpha value is -3.77. The number of carbonyl (C=O) groups excluding carboxylic acids is 3. The Morgan fingerprint density at radius 1 is 1.37 bits per heavy atom. The van der Waals surface area contributed by atoms with E-state index in [1.54, 1.807) is 37.1 Å². The van der Waals surface area contributed by atoms with Gasteiger partial charge in [-0.25, -0.2) is 14.8 Å². The minimum atomic E-state index is -0.526. The fourth-order valence-corrected chi connectivity index (χ4v) is 3.46. The molecule has 0 bridgehead atoms. The molecule has 0 saturated carbocycles. The molecule has 1 aliphatic rings. The third kappa shape index (κ3) is 6.43. The molecule has 3 rings (SSSR count). The summed E-state index contributed by atoms with van der Waals surface area (Å²) < 4.78 is 5.67. The molecule has 1 atom stereocenters. The molecule has 3 heterocycles. The smallest absolute Gasteiger partial charge is 0.328 e. The second-order valence-corrected chi connectivity index (χ2v) is 8.30. The zero-order valence-electron chi connectivity index (χ0n) is 20.3. The molecule has 0 spiro atoms. The number of nitrogens with one attached hydrogen (secondary N) is 2. The molecule has 35 heavy (non-hydrogen) atoms. The second kappa shape index (κ2) is 11.6. The average Bonchev–Trinajstić information content (AvgIpc) is 2.85. The minimum absolute atomic E-state index is 0.00954. The predicted molar refractivity (Wildman–Crippen MR) is 131 cm³/mol. The number of piperazine rings is 1. The van der Waals surface area contributed by atoms with E-state index in [9.17, 15) is 19.5 Å². The van der Waals surface area contributed by atoms with E-state index in [0.717, 1.165) is 6.54 Å². The first-order valence-corrected chi connectivity index (χ1v) is 11.2. The Kier molecular flexibility index (Phi) is 8.55. The summed E-state index contributed by atoms with van der Waals surface area (Å²) in [5.41, 5.74) is 1.38. The number of aliphatic hydroxyl groups excluding tert-OH is 1. The van der Waals surface area contributed by atoms with Gasteiger partial charge in [0.1, 0.15) is 29.2 Å². The van der Waals surface area contributed by atoms with Crippen molar-refractivity contribution in [2.45, 2.75) is 19.6 Å². The Morgan fingerprint density at radius 3 is 2.80 bits per heavy atom. The summed E-state index contributed by atoms with van der Waals surface area (Å²) in [5, 5.41) is 14.9. The summed E-state index contributed by atoms with van der Waals surface area (Å²) in [7, 11) is 5.11. The Bertz CT molecular complexity index is 1080. The maximum absolute atomic E-state index is 12.8. The largest absolute Gasteiger partial charge is 0.486 e. The molecule has 0 aliphatic carbocycles. The first kappa shape index (κ1) is 25.8. The number of aliphatic hydroxyl groups is 1. The quantitative estimate of drug-likeness (QED) is 0.444. The van der Waals surface area contributed by atoms with Crippen LogP contribution in [0.3, 0.4) is 0 Å². The van der Waals surface area contributed by atoms with E-state index in [4.69, 9.17) is 4.74 Å². The van der Waals surface area contributed by atoms with Crippen molar-refractivity contribution in [2.75, 3.05) is 62.9 Å². The van der Waals surface area contributed by atoms with Gasteiger partial charge in [-0.1, -0.05) is 6.07 Å². The molecule has 0 unspecified atom stereocenters. The number of aromatic nitrogens is 2. The summed E-state index contributed by atoms with van der Waals surface area (Å²) >= 11 is 0. The zero-order chi connectivity index (χ0) is 25.5.